The molecule has 134 valence electrons. The first kappa shape index (κ1) is 15.4. The number of thiophene rings is 1. The van der Waals surface area contributed by atoms with E-state index in [2.05, 4.69) is 9.97 Å². The minimum absolute atomic E-state index is 0.0719. The van der Waals surface area contributed by atoms with Gasteiger partial charge in [0.05, 0.1) is 27.4 Å². The maximum atomic E-state index is 12.9. The largest absolute Gasteiger partial charge is 0.506 e. The van der Waals surface area contributed by atoms with Crippen LogP contribution < -0.4 is 5.56 Å². The van der Waals surface area contributed by atoms with Gasteiger partial charge in [0.2, 0.25) is 0 Å². The predicted octanol–water partition coefficient (Wildman–Crippen LogP) is 4.70. The Morgan fingerprint density at radius 1 is 1.15 bits per heavy atom. The van der Waals surface area contributed by atoms with Crippen molar-refractivity contribution >= 4 is 48.8 Å². The van der Waals surface area contributed by atoms with E-state index in [0.717, 1.165) is 39.7 Å². The number of aryl methyl sites for hydroxylation is 2. The molecule has 5 aromatic rings. The SMILES string of the molecule is O=c1[nH]c2c(-c3nc4ccccc4s3)c(O)cn2c2sc3c(c12)CCCC3. The second kappa shape index (κ2) is 5.43. The zero-order valence-electron chi connectivity index (χ0n) is 14.3. The van der Waals surface area contributed by atoms with E-state index in [0.29, 0.717) is 16.2 Å². The molecule has 0 unspecified atom stereocenters. The van der Waals surface area contributed by atoms with E-state index in [4.69, 9.17) is 0 Å². The number of thiazole rings is 1. The third kappa shape index (κ3) is 2.09. The highest BCUT2D eigenvalue weighted by Gasteiger charge is 2.24. The Kier molecular flexibility index (Phi) is 3.10. The molecule has 0 saturated heterocycles. The molecule has 6 rings (SSSR count). The van der Waals surface area contributed by atoms with Crippen LogP contribution in [0.25, 0.3) is 36.7 Å². The van der Waals surface area contributed by atoms with Gasteiger partial charge in [0.15, 0.2) is 0 Å². The van der Waals surface area contributed by atoms with Crippen LogP contribution in [0.15, 0.2) is 35.3 Å². The van der Waals surface area contributed by atoms with E-state index < -0.39 is 0 Å². The van der Waals surface area contributed by atoms with Crippen LogP contribution in [-0.2, 0) is 12.8 Å². The lowest BCUT2D eigenvalue weighted by atomic mass is 9.97. The summed E-state index contributed by atoms with van der Waals surface area (Å²) in [6.07, 6.45) is 6.01. The maximum absolute atomic E-state index is 12.9. The van der Waals surface area contributed by atoms with Crippen molar-refractivity contribution < 1.29 is 5.11 Å². The lowest BCUT2D eigenvalue weighted by Gasteiger charge is -2.09. The molecular formula is C20H15N3O2S2. The lowest BCUT2D eigenvalue weighted by molar-refractivity contribution is 0.477. The summed E-state index contributed by atoms with van der Waals surface area (Å²) in [6, 6.07) is 7.90. The zero-order chi connectivity index (χ0) is 18.1. The van der Waals surface area contributed by atoms with E-state index in [9.17, 15) is 9.90 Å². The van der Waals surface area contributed by atoms with Gasteiger partial charge >= 0.3 is 0 Å². The van der Waals surface area contributed by atoms with Gasteiger partial charge in [-0.15, -0.1) is 22.7 Å². The number of hydrogen-bond donors (Lipinski definition) is 2. The zero-order valence-corrected chi connectivity index (χ0v) is 15.9. The summed E-state index contributed by atoms with van der Waals surface area (Å²) < 4.78 is 2.98. The Morgan fingerprint density at radius 3 is 2.89 bits per heavy atom. The van der Waals surface area contributed by atoms with Gasteiger partial charge in [0, 0.05) is 4.88 Å². The first-order chi connectivity index (χ1) is 13.2. The summed E-state index contributed by atoms with van der Waals surface area (Å²) in [5, 5.41) is 12.2. The molecule has 0 spiro atoms. The molecule has 0 amide bonds. The molecule has 4 aromatic heterocycles. The third-order valence-electron chi connectivity index (χ3n) is 5.32. The van der Waals surface area contributed by atoms with Gasteiger partial charge in [-0.05, 0) is 43.4 Å². The summed E-state index contributed by atoms with van der Waals surface area (Å²) in [5.41, 5.74) is 3.23. The fraction of sp³-hybridized carbons (Fsp3) is 0.200. The quantitative estimate of drug-likeness (QED) is 0.433. The number of para-hydroxylation sites is 1. The topological polar surface area (TPSA) is 70.4 Å². The maximum Gasteiger partial charge on any atom is 0.260 e. The average Bonchev–Trinajstić information content (AvgIpc) is 3.33. The van der Waals surface area contributed by atoms with Crippen LogP contribution in [0, 0.1) is 0 Å². The first-order valence-electron chi connectivity index (χ1n) is 8.97. The number of hydrogen-bond acceptors (Lipinski definition) is 5. The number of benzene rings is 1. The Morgan fingerprint density at radius 2 is 2.00 bits per heavy atom. The second-order valence-electron chi connectivity index (χ2n) is 6.94. The fourth-order valence-corrected chi connectivity index (χ4v) is 6.48. The third-order valence-corrected chi connectivity index (χ3v) is 7.67. The van der Waals surface area contributed by atoms with Crippen LogP contribution >= 0.6 is 22.7 Å². The molecule has 0 fully saturated rings. The van der Waals surface area contributed by atoms with E-state index in [1.54, 1.807) is 17.5 Å². The first-order valence-corrected chi connectivity index (χ1v) is 10.6. The van der Waals surface area contributed by atoms with Crippen molar-refractivity contribution in [2.45, 2.75) is 25.7 Å². The lowest BCUT2D eigenvalue weighted by Crippen LogP contribution is -2.11. The van der Waals surface area contributed by atoms with Gasteiger partial charge in [-0.1, -0.05) is 12.1 Å². The normalized spacial score (nSPS) is 14.4. The van der Waals surface area contributed by atoms with Gasteiger partial charge in [-0.3, -0.25) is 9.20 Å². The molecule has 1 aliphatic rings. The molecule has 0 atom stereocenters. The number of rotatable bonds is 1. The predicted molar refractivity (Wildman–Crippen MR) is 110 cm³/mol. The number of nitrogens with one attached hydrogen (secondary N) is 1. The van der Waals surface area contributed by atoms with Crippen LogP contribution in [0.2, 0.25) is 0 Å². The van der Waals surface area contributed by atoms with E-state index in [1.165, 1.54) is 28.2 Å². The van der Waals surface area contributed by atoms with Gasteiger partial charge in [0.25, 0.3) is 5.56 Å². The fourth-order valence-electron chi connectivity index (χ4n) is 4.09. The monoisotopic (exact) mass is 393 g/mol. The summed E-state index contributed by atoms with van der Waals surface area (Å²) in [5.74, 6) is 0.142. The van der Waals surface area contributed by atoms with E-state index in [1.807, 2.05) is 28.7 Å². The summed E-state index contributed by atoms with van der Waals surface area (Å²) in [6.45, 7) is 0. The molecule has 1 aromatic carbocycles. The van der Waals surface area contributed by atoms with Crippen LogP contribution in [0.3, 0.4) is 0 Å². The molecule has 27 heavy (non-hydrogen) atoms. The molecule has 0 saturated carbocycles. The average molecular weight is 393 g/mol. The van der Waals surface area contributed by atoms with Crippen molar-refractivity contribution in [3.63, 3.8) is 0 Å². The van der Waals surface area contributed by atoms with Crippen molar-refractivity contribution in [1.82, 2.24) is 14.4 Å². The Bertz CT molecular complexity index is 1390. The number of aromatic amines is 1. The number of H-pyrrole nitrogens is 1. The molecule has 0 bridgehead atoms. The van der Waals surface area contributed by atoms with Crippen molar-refractivity contribution in [2.75, 3.05) is 0 Å². The minimum Gasteiger partial charge on any atom is -0.506 e. The van der Waals surface area contributed by atoms with Crippen molar-refractivity contribution in [3.8, 4) is 16.3 Å². The van der Waals surface area contributed by atoms with Gasteiger partial charge in [0.1, 0.15) is 21.2 Å². The second-order valence-corrected chi connectivity index (χ2v) is 9.05. The van der Waals surface area contributed by atoms with Gasteiger partial charge < -0.3 is 10.1 Å². The van der Waals surface area contributed by atoms with Gasteiger partial charge in [-0.25, -0.2) is 4.98 Å². The highest BCUT2D eigenvalue weighted by atomic mass is 32.1. The molecular weight excluding hydrogens is 378 g/mol. The minimum atomic E-state index is -0.0719. The Hall–Kier alpha value is -2.64. The van der Waals surface area contributed by atoms with Crippen molar-refractivity contribution in [3.05, 3.63) is 51.3 Å². The number of aromatic nitrogens is 3. The van der Waals surface area contributed by atoms with Crippen molar-refractivity contribution in [1.29, 1.82) is 0 Å². The Balaban J connectivity index is 1.70. The molecule has 0 aliphatic heterocycles. The molecule has 2 N–H and O–H groups in total. The highest BCUT2D eigenvalue weighted by molar-refractivity contribution is 7.21. The molecule has 5 nitrogen and oxygen atoms in total. The molecule has 4 heterocycles. The molecule has 0 radical (unpaired) electrons. The summed E-state index contributed by atoms with van der Waals surface area (Å²) >= 11 is 3.20. The van der Waals surface area contributed by atoms with Crippen molar-refractivity contribution in [2.24, 2.45) is 0 Å². The summed E-state index contributed by atoms with van der Waals surface area (Å²) in [4.78, 5) is 22.8. The Labute approximate surface area is 161 Å². The van der Waals surface area contributed by atoms with Crippen LogP contribution in [0.5, 0.6) is 5.75 Å². The molecule has 7 heteroatoms. The van der Waals surface area contributed by atoms with Crippen LogP contribution in [-0.4, -0.2) is 19.5 Å². The summed E-state index contributed by atoms with van der Waals surface area (Å²) in [7, 11) is 0. The number of fused-ring (bicyclic) bond motifs is 6. The smallest absolute Gasteiger partial charge is 0.260 e. The van der Waals surface area contributed by atoms with E-state index >= 15 is 0 Å². The van der Waals surface area contributed by atoms with Crippen LogP contribution in [0.1, 0.15) is 23.3 Å². The van der Waals surface area contributed by atoms with Gasteiger partial charge in [-0.2, -0.15) is 0 Å². The number of aromatic hydroxyl groups is 1. The standard InChI is InChI=1S/C20H15N3O2S2/c24-12-9-23-17(16(12)19-21-11-6-2-4-8-14(11)26-19)22-18(25)15-10-5-1-3-7-13(10)27-20(15)23/h2,4,6,8-9,24H,1,3,5,7H2,(H,22,25). The van der Waals surface area contributed by atoms with E-state index in [-0.39, 0.29) is 11.3 Å². The molecule has 1 aliphatic carbocycles. The number of nitrogens with zero attached hydrogens (tertiary/aromatic N) is 2. The van der Waals surface area contributed by atoms with Crippen LogP contribution in [0.4, 0.5) is 0 Å². The highest BCUT2D eigenvalue weighted by Crippen LogP contribution is 2.41.